The van der Waals surface area contributed by atoms with Crippen molar-refractivity contribution < 1.29 is 0 Å². The summed E-state index contributed by atoms with van der Waals surface area (Å²) in [5, 5.41) is 0. The van der Waals surface area contributed by atoms with Crippen molar-refractivity contribution >= 4 is 12.2 Å². The SMILES string of the molecule is CC(C)c1ccc(-c2cc(=S)nc(C(C)(C)C)[nH]2)cc1. The number of rotatable bonds is 2. The predicted molar refractivity (Wildman–Crippen MR) is 87.6 cm³/mol. The van der Waals surface area contributed by atoms with Crippen molar-refractivity contribution in [2.45, 2.75) is 46.0 Å². The second-order valence-corrected chi connectivity index (χ2v) is 6.93. The van der Waals surface area contributed by atoms with Crippen LogP contribution < -0.4 is 0 Å². The second-order valence-electron chi connectivity index (χ2n) is 6.51. The standard InChI is InChI=1S/C17H22N2S/c1-11(2)12-6-8-13(9-7-12)14-10-15(20)19-16(18-14)17(3,4)5/h6-11H,1-5H3,(H,18,19,20). The third kappa shape index (κ3) is 3.34. The summed E-state index contributed by atoms with van der Waals surface area (Å²) in [5.41, 5.74) is 3.48. The molecule has 0 unspecified atom stereocenters. The molecule has 0 bridgehead atoms. The molecular formula is C17H22N2S. The van der Waals surface area contributed by atoms with Crippen LogP contribution in [0.15, 0.2) is 30.3 Å². The molecule has 2 rings (SSSR count). The number of H-pyrrole nitrogens is 1. The summed E-state index contributed by atoms with van der Waals surface area (Å²) < 4.78 is 0.636. The Balaban J connectivity index is 2.47. The third-order valence-electron chi connectivity index (χ3n) is 3.34. The maximum atomic E-state index is 5.29. The van der Waals surface area contributed by atoms with E-state index in [1.807, 2.05) is 6.07 Å². The molecule has 1 N–H and O–H groups in total. The van der Waals surface area contributed by atoms with Crippen molar-refractivity contribution in [3.05, 3.63) is 46.4 Å². The zero-order valence-electron chi connectivity index (χ0n) is 12.8. The quantitative estimate of drug-likeness (QED) is 0.766. The molecule has 2 nitrogen and oxygen atoms in total. The molecule has 0 aliphatic heterocycles. The van der Waals surface area contributed by atoms with Gasteiger partial charge in [0.1, 0.15) is 10.5 Å². The average molecular weight is 286 g/mol. The molecule has 0 spiro atoms. The van der Waals surface area contributed by atoms with Gasteiger partial charge in [-0.2, -0.15) is 0 Å². The number of aromatic amines is 1. The van der Waals surface area contributed by atoms with E-state index < -0.39 is 0 Å². The zero-order chi connectivity index (χ0) is 14.9. The minimum absolute atomic E-state index is 0.0402. The second kappa shape index (κ2) is 5.49. The van der Waals surface area contributed by atoms with Gasteiger partial charge in [-0.15, -0.1) is 0 Å². The molecule has 1 heterocycles. The lowest BCUT2D eigenvalue weighted by Gasteiger charge is -2.18. The highest BCUT2D eigenvalue weighted by Crippen LogP contribution is 2.24. The molecule has 0 aliphatic rings. The Labute approximate surface area is 126 Å². The number of hydrogen-bond donors (Lipinski definition) is 1. The topological polar surface area (TPSA) is 28.7 Å². The molecule has 106 valence electrons. The lowest BCUT2D eigenvalue weighted by Crippen LogP contribution is -2.16. The van der Waals surface area contributed by atoms with Gasteiger partial charge in [0.25, 0.3) is 0 Å². The third-order valence-corrected chi connectivity index (χ3v) is 3.55. The minimum Gasteiger partial charge on any atom is -0.343 e. The first-order valence-electron chi connectivity index (χ1n) is 6.99. The van der Waals surface area contributed by atoms with Crippen molar-refractivity contribution in [2.24, 2.45) is 0 Å². The van der Waals surface area contributed by atoms with Crippen LogP contribution in [-0.2, 0) is 5.41 Å². The zero-order valence-corrected chi connectivity index (χ0v) is 13.6. The number of aromatic nitrogens is 2. The molecule has 1 aromatic heterocycles. The molecule has 0 amide bonds. The highest BCUT2D eigenvalue weighted by Gasteiger charge is 2.17. The monoisotopic (exact) mass is 286 g/mol. The summed E-state index contributed by atoms with van der Waals surface area (Å²) in [6, 6.07) is 10.6. The van der Waals surface area contributed by atoms with E-state index in [0.717, 1.165) is 17.1 Å². The van der Waals surface area contributed by atoms with E-state index in [4.69, 9.17) is 12.2 Å². The van der Waals surface area contributed by atoms with Crippen molar-refractivity contribution in [3.63, 3.8) is 0 Å². The maximum absolute atomic E-state index is 5.29. The van der Waals surface area contributed by atoms with Gasteiger partial charge in [-0.1, -0.05) is 71.1 Å². The van der Waals surface area contributed by atoms with Crippen LogP contribution in [0.2, 0.25) is 0 Å². The van der Waals surface area contributed by atoms with Crippen LogP contribution >= 0.6 is 12.2 Å². The number of nitrogens with zero attached hydrogens (tertiary/aromatic N) is 1. The summed E-state index contributed by atoms with van der Waals surface area (Å²) in [5.74, 6) is 1.47. The lowest BCUT2D eigenvalue weighted by molar-refractivity contribution is 0.545. The van der Waals surface area contributed by atoms with E-state index in [2.05, 4.69) is 68.9 Å². The highest BCUT2D eigenvalue weighted by atomic mass is 32.1. The molecule has 0 saturated heterocycles. The predicted octanol–water partition coefficient (Wildman–Crippen LogP) is 5.23. The normalized spacial score (nSPS) is 11.9. The van der Waals surface area contributed by atoms with E-state index in [-0.39, 0.29) is 5.41 Å². The molecule has 0 aliphatic carbocycles. The molecule has 1 aromatic carbocycles. The lowest BCUT2D eigenvalue weighted by atomic mass is 9.95. The fourth-order valence-corrected chi connectivity index (χ4v) is 2.22. The first kappa shape index (κ1) is 14.9. The van der Waals surface area contributed by atoms with Crippen LogP contribution in [0.3, 0.4) is 0 Å². The van der Waals surface area contributed by atoms with Crippen LogP contribution in [0, 0.1) is 4.64 Å². The summed E-state index contributed by atoms with van der Waals surface area (Å²) in [6.07, 6.45) is 0. The Morgan fingerprint density at radius 1 is 1.10 bits per heavy atom. The van der Waals surface area contributed by atoms with Crippen LogP contribution in [-0.4, -0.2) is 9.97 Å². The van der Waals surface area contributed by atoms with E-state index >= 15 is 0 Å². The van der Waals surface area contributed by atoms with E-state index in [1.54, 1.807) is 0 Å². The summed E-state index contributed by atoms with van der Waals surface area (Å²) in [6.45, 7) is 10.8. The average Bonchev–Trinajstić information content (AvgIpc) is 2.37. The Hall–Kier alpha value is -1.48. The first-order chi connectivity index (χ1) is 9.27. The van der Waals surface area contributed by atoms with Crippen LogP contribution in [0.5, 0.6) is 0 Å². The summed E-state index contributed by atoms with van der Waals surface area (Å²) >= 11 is 5.29. The summed E-state index contributed by atoms with van der Waals surface area (Å²) in [7, 11) is 0. The van der Waals surface area contributed by atoms with Gasteiger partial charge < -0.3 is 4.98 Å². The molecule has 0 atom stereocenters. The van der Waals surface area contributed by atoms with E-state index in [0.29, 0.717) is 10.6 Å². The maximum Gasteiger partial charge on any atom is 0.130 e. The summed E-state index contributed by atoms with van der Waals surface area (Å²) in [4.78, 5) is 7.85. The van der Waals surface area contributed by atoms with Gasteiger partial charge in [-0.05, 0) is 23.1 Å². The number of benzene rings is 1. The fourth-order valence-electron chi connectivity index (χ4n) is 2.02. The minimum atomic E-state index is -0.0402. The molecule has 2 aromatic rings. The Kier molecular flexibility index (Phi) is 4.09. The molecule has 0 saturated carbocycles. The molecule has 0 fully saturated rings. The molecule has 20 heavy (non-hydrogen) atoms. The van der Waals surface area contributed by atoms with Gasteiger partial charge in [0.15, 0.2) is 0 Å². The molecule has 0 radical (unpaired) electrons. The number of hydrogen-bond acceptors (Lipinski definition) is 2. The highest BCUT2D eigenvalue weighted by molar-refractivity contribution is 7.71. The largest absolute Gasteiger partial charge is 0.343 e. The van der Waals surface area contributed by atoms with Crippen molar-refractivity contribution in [1.82, 2.24) is 9.97 Å². The van der Waals surface area contributed by atoms with Crippen molar-refractivity contribution in [3.8, 4) is 11.3 Å². The van der Waals surface area contributed by atoms with E-state index in [9.17, 15) is 0 Å². The van der Waals surface area contributed by atoms with Gasteiger partial charge in [0.05, 0.1) is 0 Å². The van der Waals surface area contributed by atoms with Gasteiger partial charge in [-0.25, -0.2) is 4.98 Å². The van der Waals surface area contributed by atoms with Gasteiger partial charge in [0, 0.05) is 11.1 Å². The molecule has 3 heteroatoms. The van der Waals surface area contributed by atoms with Crippen LogP contribution in [0.25, 0.3) is 11.3 Å². The van der Waals surface area contributed by atoms with Gasteiger partial charge >= 0.3 is 0 Å². The Bertz CT molecular complexity index is 646. The molecular weight excluding hydrogens is 264 g/mol. The first-order valence-corrected chi connectivity index (χ1v) is 7.40. The Morgan fingerprint density at radius 2 is 1.70 bits per heavy atom. The van der Waals surface area contributed by atoms with Crippen LogP contribution in [0.4, 0.5) is 0 Å². The van der Waals surface area contributed by atoms with Gasteiger partial charge in [0.2, 0.25) is 0 Å². The van der Waals surface area contributed by atoms with Crippen LogP contribution in [0.1, 0.15) is 51.9 Å². The Morgan fingerprint density at radius 3 is 2.20 bits per heavy atom. The van der Waals surface area contributed by atoms with Crippen molar-refractivity contribution in [2.75, 3.05) is 0 Å². The van der Waals surface area contributed by atoms with Gasteiger partial charge in [-0.3, -0.25) is 0 Å². The van der Waals surface area contributed by atoms with E-state index in [1.165, 1.54) is 5.56 Å². The fraction of sp³-hybridized carbons (Fsp3) is 0.412. The number of nitrogens with one attached hydrogen (secondary N) is 1. The van der Waals surface area contributed by atoms with Crippen molar-refractivity contribution in [1.29, 1.82) is 0 Å². The smallest absolute Gasteiger partial charge is 0.130 e.